The quantitative estimate of drug-likeness (QED) is 0.345. The second kappa shape index (κ2) is 8.72. The number of anilines is 1. The van der Waals surface area contributed by atoms with Crippen LogP contribution in [0.15, 0.2) is 52.1 Å². The first-order valence-corrected chi connectivity index (χ1v) is 9.17. The number of nitro groups is 1. The van der Waals surface area contributed by atoms with Crippen molar-refractivity contribution in [1.29, 1.82) is 0 Å². The first-order chi connectivity index (χ1) is 13.5. The molecular weight excluding hydrogens is 408 g/mol. The highest BCUT2D eigenvalue weighted by Crippen LogP contribution is 2.30. The number of benzene rings is 2. The zero-order chi connectivity index (χ0) is 20.1. The summed E-state index contributed by atoms with van der Waals surface area (Å²) in [6.07, 6.45) is 0. The van der Waals surface area contributed by atoms with Gasteiger partial charge in [0.15, 0.2) is 0 Å². The van der Waals surface area contributed by atoms with Gasteiger partial charge in [0.2, 0.25) is 11.8 Å². The summed E-state index contributed by atoms with van der Waals surface area (Å²) in [4.78, 5) is 22.4. The molecule has 1 heterocycles. The number of ether oxygens (including phenoxy) is 1. The number of nitro benzene ring substituents is 1. The minimum absolute atomic E-state index is 0.00266. The number of nitrogens with zero attached hydrogens (tertiary/aromatic N) is 3. The Bertz CT molecular complexity index is 1030. The molecule has 1 amide bonds. The molecule has 0 saturated carbocycles. The highest BCUT2D eigenvalue weighted by Gasteiger charge is 2.15. The van der Waals surface area contributed by atoms with Crippen molar-refractivity contribution >= 4 is 40.6 Å². The summed E-state index contributed by atoms with van der Waals surface area (Å²) < 4.78 is 10.6. The molecule has 0 atom stereocenters. The fraction of sp³-hybridized carbons (Fsp3) is 0.118. The second-order valence-corrected chi connectivity index (χ2v) is 6.73. The summed E-state index contributed by atoms with van der Waals surface area (Å²) in [5.41, 5.74) is 0.861. The van der Waals surface area contributed by atoms with Gasteiger partial charge in [-0.3, -0.25) is 14.9 Å². The highest BCUT2D eigenvalue weighted by molar-refractivity contribution is 7.99. The molecule has 0 saturated heterocycles. The highest BCUT2D eigenvalue weighted by atomic mass is 35.5. The second-order valence-electron chi connectivity index (χ2n) is 5.36. The van der Waals surface area contributed by atoms with Crippen molar-refractivity contribution in [2.75, 3.05) is 18.2 Å². The number of amides is 1. The Morgan fingerprint density at radius 1 is 1.32 bits per heavy atom. The van der Waals surface area contributed by atoms with E-state index < -0.39 is 4.92 Å². The third kappa shape index (κ3) is 4.78. The molecule has 0 aliphatic rings. The Kier molecular flexibility index (Phi) is 6.12. The molecule has 0 radical (unpaired) electrons. The maximum atomic E-state index is 12.2. The molecule has 28 heavy (non-hydrogen) atoms. The van der Waals surface area contributed by atoms with Gasteiger partial charge < -0.3 is 14.5 Å². The molecular formula is C17H13ClN4O5S. The van der Waals surface area contributed by atoms with E-state index in [-0.39, 0.29) is 28.3 Å². The first kappa shape index (κ1) is 19.6. The van der Waals surface area contributed by atoms with Crippen molar-refractivity contribution in [2.45, 2.75) is 5.22 Å². The average Bonchev–Trinajstić information content (AvgIpc) is 3.15. The zero-order valence-corrected chi connectivity index (χ0v) is 16.0. The number of non-ortho nitro benzene ring substituents is 1. The molecule has 2 aromatic carbocycles. The lowest BCUT2D eigenvalue weighted by molar-refractivity contribution is -0.384. The van der Waals surface area contributed by atoms with Gasteiger partial charge in [-0.15, -0.1) is 10.2 Å². The van der Waals surface area contributed by atoms with E-state index in [0.717, 1.165) is 11.8 Å². The van der Waals surface area contributed by atoms with Gasteiger partial charge in [-0.1, -0.05) is 29.4 Å². The number of aromatic nitrogens is 2. The van der Waals surface area contributed by atoms with Gasteiger partial charge in [-0.05, 0) is 24.3 Å². The molecule has 0 spiro atoms. The van der Waals surface area contributed by atoms with Crippen LogP contribution in [-0.2, 0) is 4.79 Å². The number of thioether (sulfide) groups is 1. The van der Waals surface area contributed by atoms with Crippen molar-refractivity contribution in [3.05, 3.63) is 57.6 Å². The largest absolute Gasteiger partial charge is 0.494 e. The Labute approximate surface area is 168 Å². The van der Waals surface area contributed by atoms with Gasteiger partial charge >= 0.3 is 0 Å². The molecule has 0 unspecified atom stereocenters. The number of nitrogens with one attached hydrogen (secondary N) is 1. The van der Waals surface area contributed by atoms with Crippen LogP contribution in [0.3, 0.4) is 0 Å². The normalized spacial score (nSPS) is 10.5. The van der Waals surface area contributed by atoms with Gasteiger partial charge in [-0.2, -0.15) is 0 Å². The Hall–Kier alpha value is -3.11. The topological polar surface area (TPSA) is 120 Å². The molecule has 144 valence electrons. The molecule has 0 fully saturated rings. The number of carbonyl (C=O) groups is 1. The Morgan fingerprint density at radius 3 is 2.86 bits per heavy atom. The van der Waals surface area contributed by atoms with Crippen LogP contribution in [0.2, 0.25) is 5.02 Å². The van der Waals surface area contributed by atoms with Crippen molar-refractivity contribution in [3.63, 3.8) is 0 Å². The van der Waals surface area contributed by atoms with Gasteiger partial charge in [0.05, 0.1) is 29.5 Å². The van der Waals surface area contributed by atoms with Gasteiger partial charge in [0.1, 0.15) is 5.75 Å². The summed E-state index contributed by atoms with van der Waals surface area (Å²) >= 11 is 6.99. The number of methoxy groups -OCH3 is 1. The first-order valence-electron chi connectivity index (χ1n) is 7.81. The van der Waals surface area contributed by atoms with Crippen LogP contribution in [0.5, 0.6) is 5.75 Å². The van der Waals surface area contributed by atoms with E-state index in [9.17, 15) is 14.9 Å². The van der Waals surface area contributed by atoms with Crippen molar-refractivity contribution in [1.82, 2.24) is 10.2 Å². The van der Waals surface area contributed by atoms with Crippen molar-refractivity contribution in [2.24, 2.45) is 0 Å². The van der Waals surface area contributed by atoms with E-state index >= 15 is 0 Å². The number of rotatable bonds is 7. The Morgan fingerprint density at radius 2 is 2.14 bits per heavy atom. The fourth-order valence-corrected chi connectivity index (χ4v) is 2.97. The zero-order valence-electron chi connectivity index (χ0n) is 14.4. The number of carbonyl (C=O) groups excluding carboxylic acids is 1. The van der Waals surface area contributed by atoms with E-state index in [1.807, 2.05) is 0 Å². The predicted octanol–water partition coefficient (Wildman–Crippen LogP) is 4.04. The van der Waals surface area contributed by atoms with Crippen LogP contribution in [0.4, 0.5) is 11.4 Å². The minimum Gasteiger partial charge on any atom is -0.494 e. The third-order valence-corrected chi connectivity index (χ3v) is 4.53. The molecule has 3 aromatic rings. The number of hydrogen-bond donors (Lipinski definition) is 1. The van der Waals surface area contributed by atoms with E-state index in [4.69, 9.17) is 20.8 Å². The minimum atomic E-state index is -0.545. The summed E-state index contributed by atoms with van der Waals surface area (Å²) in [6, 6.07) is 10.9. The molecule has 11 heteroatoms. The fourth-order valence-electron chi connectivity index (χ4n) is 2.22. The summed E-state index contributed by atoms with van der Waals surface area (Å²) in [6.45, 7) is 0. The smallest absolute Gasteiger partial charge is 0.277 e. The van der Waals surface area contributed by atoms with Crippen LogP contribution in [0, 0.1) is 10.1 Å². The lowest BCUT2D eigenvalue weighted by Gasteiger charge is -2.09. The van der Waals surface area contributed by atoms with Crippen molar-refractivity contribution in [3.8, 4) is 17.2 Å². The van der Waals surface area contributed by atoms with Crippen LogP contribution >= 0.6 is 23.4 Å². The van der Waals surface area contributed by atoms with E-state index in [1.165, 1.54) is 25.3 Å². The molecule has 0 aliphatic heterocycles. The maximum absolute atomic E-state index is 12.2. The summed E-state index contributed by atoms with van der Waals surface area (Å²) in [5, 5.41) is 22.0. The third-order valence-electron chi connectivity index (χ3n) is 3.47. The van der Waals surface area contributed by atoms with E-state index in [0.29, 0.717) is 22.2 Å². The van der Waals surface area contributed by atoms with Crippen LogP contribution in [0.25, 0.3) is 11.5 Å². The maximum Gasteiger partial charge on any atom is 0.277 e. The molecule has 1 aromatic heterocycles. The predicted molar refractivity (Wildman–Crippen MR) is 104 cm³/mol. The number of hydrogen-bond acceptors (Lipinski definition) is 8. The summed E-state index contributed by atoms with van der Waals surface area (Å²) in [5.74, 6) is 0.118. The van der Waals surface area contributed by atoms with Crippen molar-refractivity contribution < 1.29 is 18.9 Å². The van der Waals surface area contributed by atoms with Crippen LogP contribution < -0.4 is 10.1 Å². The molecule has 3 rings (SSSR count). The monoisotopic (exact) mass is 420 g/mol. The van der Waals surface area contributed by atoms with Crippen LogP contribution in [0.1, 0.15) is 0 Å². The van der Waals surface area contributed by atoms with Gasteiger partial charge in [0.25, 0.3) is 10.9 Å². The molecule has 1 N–H and O–H groups in total. The molecule has 0 aliphatic carbocycles. The Balaban J connectivity index is 1.61. The summed E-state index contributed by atoms with van der Waals surface area (Å²) in [7, 11) is 1.36. The van der Waals surface area contributed by atoms with E-state index in [1.54, 1.807) is 24.3 Å². The van der Waals surface area contributed by atoms with Gasteiger partial charge in [-0.25, -0.2) is 0 Å². The SMILES string of the molecule is COc1cc([N+](=O)[O-])ccc1NC(=O)CSc1nnc(-c2cccc(Cl)c2)o1. The van der Waals surface area contributed by atoms with Crippen LogP contribution in [-0.4, -0.2) is 33.9 Å². The van der Waals surface area contributed by atoms with E-state index in [2.05, 4.69) is 15.5 Å². The van der Waals surface area contributed by atoms with Gasteiger partial charge in [0, 0.05) is 16.7 Å². The molecule has 0 bridgehead atoms. The standard InChI is InChI=1S/C17H13ClN4O5S/c1-26-14-8-12(22(24)25)5-6-13(14)19-15(23)9-28-17-21-20-16(27-17)10-3-2-4-11(18)7-10/h2-8H,9H2,1H3,(H,19,23). The molecule has 9 nitrogen and oxygen atoms in total. The number of halogens is 1. The lowest BCUT2D eigenvalue weighted by Crippen LogP contribution is -2.14. The average molecular weight is 421 g/mol. The lowest BCUT2D eigenvalue weighted by atomic mass is 10.2.